The summed E-state index contributed by atoms with van der Waals surface area (Å²) in [6.07, 6.45) is 5.97. The summed E-state index contributed by atoms with van der Waals surface area (Å²) >= 11 is 0. The Hall–Kier alpha value is 0. The lowest BCUT2D eigenvalue weighted by Gasteiger charge is -2.11. The highest BCUT2D eigenvalue weighted by Crippen LogP contribution is 2.30. The summed E-state index contributed by atoms with van der Waals surface area (Å²) in [5.41, 5.74) is 0. The second-order valence-electron chi connectivity index (χ2n) is 3.29. The van der Waals surface area contributed by atoms with E-state index in [1.54, 1.807) is 0 Å². The van der Waals surface area contributed by atoms with Gasteiger partial charge in [0.1, 0.15) is 0 Å². The van der Waals surface area contributed by atoms with E-state index < -0.39 is 0 Å². The van der Waals surface area contributed by atoms with Crippen LogP contribution in [0.15, 0.2) is 0 Å². The van der Waals surface area contributed by atoms with E-state index in [1.807, 2.05) is 41.5 Å². The smallest absolute Gasteiger partial charge is 0.0391 e. The van der Waals surface area contributed by atoms with E-state index in [9.17, 15) is 0 Å². The molecule has 14 heavy (non-hydrogen) atoms. The minimum absolute atomic E-state index is 0.942. The summed E-state index contributed by atoms with van der Waals surface area (Å²) in [6.45, 7) is 16.7. The summed E-state index contributed by atoms with van der Waals surface area (Å²) in [5.74, 6) is 2.01. The zero-order valence-corrected chi connectivity index (χ0v) is 12.0. The lowest BCUT2D eigenvalue weighted by molar-refractivity contribution is 0.396. The molecule has 0 nitrogen and oxygen atoms in total. The topological polar surface area (TPSA) is 0 Å². The van der Waals surface area contributed by atoms with Gasteiger partial charge in [-0.25, -0.2) is 0 Å². The highest BCUT2D eigenvalue weighted by Gasteiger charge is 2.17. The minimum atomic E-state index is 0.942. The summed E-state index contributed by atoms with van der Waals surface area (Å²) in [5, 5.41) is 0. The molecule has 0 atom stereocenters. The lowest BCUT2D eigenvalue weighted by Crippen LogP contribution is -2.01. The Kier molecular flexibility index (Phi) is 26.1. The van der Waals surface area contributed by atoms with E-state index in [0.29, 0.717) is 0 Å². The average molecular weight is 202 g/mol. The van der Waals surface area contributed by atoms with Gasteiger partial charge in [0, 0.05) is 0 Å². The summed E-state index contributed by atoms with van der Waals surface area (Å²) in [6, 6.07) is 0. The third-order valence-electron chi connectivity index (χ3n) is 2.34. The predicted molar refractivity (Wildman–Crippen MR) is 70.8 cm³/mol. The standard InChI is InChI=1S/C8H16.3C2H6/c1-7(2)8-5-3-4-6-8;3*1-2/h7-8H,3-6H2,1-2H3;3*1-2H3. The Morgan fingerprint density at radius 3 is 1.14 bits per heavy atom. The van der Waals surface area contributed by atoms with Crippen LogP contribution in [0, 0.1) is 11.8 Å². The van der Waals surface area contributed by atoms with E-state index in [2.05, 4.69) is 13.8 Å². The van der Waals surface area contributed by atoms with Crippen molar-refractivity contribution < 1.29 is 0 Å². The van der Waals surface area contributed by atoms with E-state index in [-0.39, 0.29) is 0 Å². The Morgan fingerprint density at radius 1 is 0.714 bits per heavy atom. The predicted octanol–water partition coefficient (Wildman–Crippen LogP) is 5.91. The SMILES string of the molecule is CC.CC.CC.CC(C)C1CCCC1. The first-order chi connectivity index (χ1) is 6.80. The second kappa shape index (κ2) is 18.7. The number of hydrogen-bond acceptors (Lipinski definition) is 0. The fourth-order valence-electron chi connectivity index (χ4n) is 1.62. The van der Waals surface area contributed by atoms with Gasteiger partial charge in [-0.05, 0) is 11.8 Å². The van der Waals surface area contributed by atoms with E-state index in [1.165, 1.54) is 25.7 Å². The van der Waals surface area contributed by atoms with Crippen molar-refractivity contribution in [1.29, 1.82) is 0 Å². The molecule has 0 aliphatic heterocycles. The molecule has 0 unspecified atom stereocenters. The van der Waals surface area contributed by atoms with Gasteiger partial charge in [0.2, 0.25) is 0 Å². The van der Waals surface area contributed by atoms with Crippen LogP contribution in [0.25, 0.3) is 0 Å². The molecule has 0 bridgehead atoms. The highest BCUT2D eigenvalue weighted by atomic mass is 14.2. The molecule has 0 aromatic carbocycles. The number of rotatable bonds is 1. The minimum Gasteiger partial charge on any atom is -0.0683 e. The molecule has 1 fully saturated rings. The van der Waals surface area contributed by atoms with Crippen LogP contribution < -0.4 is 0 Å². The summed E-state index contributed by atoms with van der Waals surface area (Å²) < 4.78 is 0. The molecule has 0 radical (unpaired) electrons. The van der Waals surface area contributed by atoms with Crippen molar-refractivity contribution in [3.05, 3.63) is 0 Å². The van der Waals surface area contributed by atoms with Crippen molar-refractivity contribution in [2.45, 2.75) is 81.1 Å². The lowest BCUT2D eigenvalue weighted by atomic mass is 9.95. The maximum atomic E-state index is 2.34. The summed E-state index contributed by atoms with van der Waals surface area (Å²) in [7, 11) is 0. The van der Waals surface area contributed by atoms with Crippen LogP contribution in [0.3, 0.4) is 0 Å². The molecule has 0 spiro atoms. The first kappa shape index (κ1) is 19.6. The molecule has 0 heteroatoms. The second-order valence-corrected chi connectivity index (χ2v) is 3.29. The third kappa shape index (κ3) is 12.0. The van der Waals surface area contributed by atoms with Crippen LogP contribution in [-0.2, 0) is 0 Å². The molecule has 0 heterocycles. The zero-order chi connectivity index (χ0) is 12.0. The van der Waals surface area contributed by atoms with E-state index in [4.69, 9.17) is 0 Å². The highest BCUT2D eigenvalue weighted by molar-refractivity contribution is 4.69. The van der Waals surface area contributed by atoms with E-state index in [0.717, 1.165) is 11.8 Å². The van der Waals surface area contributed by atoms with Crippen molar-refractivity contribution in [2.24, 2.45) is 11.8 Å². The Labute approximate surface area is 93.5 Å². The van der Waals surface area contributed by atoms with Crippen molar-refractivity contribution in [2.75, 3.05) is 0 Å². The molecule has 0 amide bonds. The molecule has 90 valence electrons. The normalized spacial score (nSPS) is 14.4. The third-order valence-corrected chi connectivity index (χ3v) is 2.34. The molecule has 0 saturated heterocycles. The van der Waals surface area contributed by atoms with Crippen LogP contribution in [0.1, 0.15) is 81.1 Å². The molecule has 0 aromatic rings. The molecule has 1 aliphatic rings. The van der Waals surface area contributed by atoms with Crippen molar-refractivity contribution >= 4 is 0 Å². The fraction of sp³-hybridized carbons (Fsp3) is 1.00. The van der Waals surface area contributed by atoms with Gasteiger partial charge in [-0.1, -0.05) is 81.1 Å². The van der Waals surface area contributed by atoms with Gasteiger partial charge in [0.15, 0.2) is 0 Å². The summed E-state index contributed by atoms with van der Waals surface area (Å²) in [4.78, 5) is 0. The Morgan fingerprint density at radius 2 is 1.00 bits per heavy atom. The van der Waals surface area contributed by atoms with Crippen LogP contribution >= 0.6 is 0 Å². The zero-order valence-electron chi connectivity index (χ0n) is 12.0. The van der Waals surface area contributed by atoms with Crippen molar-refractivity contribution in [3.8, 4) is 0 Å². The first-order valence-electron chi connectivity index (χ1n) is 6.80. The van der Waals surface area contributed by atoms with Crippen LogP contribution in [0.5, 0.6) is 0 Å². The fourth-order valence-corrected chi connectivity index (χ4v) is 1.62. The van der Waals surface area contributed by atoms with Gasteiger partial charge in [0.25, 0.3) is 0 Å². The molecule has 0 N–H and O–H groups in total. The van der Waals surface area contributed by atoms with Crippen molar-refractivity contribution in [1.82, 2.24) is 0 Å². The molecule has 1 saturated carbocycles. The van der Waals surface area contributed by atoms with Gasteiger partial charge in [-0.2, -0.15) is 0 Å². The van der Waals surface area contributed by atoms with E-state index >= 15 is 0 Å². The van der Waals surface area contributed by atoms with Gasteiger partial charge in [-0.15, -0.1) is 0 Å². The quantitative estimate of drug-likeness (QED) is 0.496. The maximum Gasteiger partial charge on any atom is -0.0391 e. The van der Waals surface area contributed by atoms with Crippen LogP contribution in [0.4, 0.5) is 0 Å². The maximum absolute atomic E-state index is 2.34. The van der Waals surface area contributed by atoms with Gasteiger partial charge >= 0.3 is 0 Å². The molecular formula is C14H34. The van der Waals surface area contributed by atoms with Gasteiger partial charge in [0.05, 0.1) is 0 Å². The first-order valence-corrected chi connectivity index (χ1v) is 6.80. The monoisotopic (exact) mass is 202 g/mol. The largest absolute Gasteiger partial charge is 0.0683 e. The Bertz CT molecular complexity index is 58.4. The average Bonchev–Trinajstić information content (AvgIpc) is 2.80. The van der Waals surface area contributed by atoms with Gasteiger partial charge in [-0.3, -0.25) is 0 Å². The number of hydrogen-bond donors (Lipinski definition) is 0. The van der Waals surface area contributed by atoms with Crippen LogP contribution in [0.2, 0.25) is 0 Å². The molecular weight excluding hydrogens is 168 g/mol. The molecule has 1 rings (SSSR count). The molecule has 0 aromatic heterocycles. The molecule has 1 aliphatic carbocycles. The van der Waals surface area contributed by atoms with Crippen molar-refractivity contribution in [3.63, 3.8) is 0 Å². The Balaban J connectivity index is -0.000000174. The van der Waals surface area contributed by atoms with Crippen LogP contribution in [-0.4, -0.2) is 0 Å². The van der Waals surface area contributed by atoms with Gasteiger partial charge < -0.3 is 0 Å².